The van der Waals surface area contributed by atoms with Crippen molar-refractivity contribution >= 4 is 33.0 Å². The Morgan fingerprint density at radius 3 is 2.82 bits per heavy atom. The molecule has 0 spiro atoms. The number of fused-ring (bicyclic) bond motifs is 1. The number of hydrogen-bond acceptors (Lipinski definition) is 4. The van der Waals surface area contributed by atoms with Crippen LogP contribution in [0.4, 0.5) is 5.69 Å². The maximum atomic E-state index is 5.68. The third kappa shape index (κ3) is 1.08. The second-order valence-electron chi connectivity index (χ2n) is 2.10. The predicted octanol–water partition coefficient (Wildman–Crippen LogP) is 1.86. The molecule has 1 aromatic rings. The van der Waals surface area contributed by atoms with Gasteiger partial charge in [0.2, 0.25) is 5.06 Å². The molecule has 3 nitrogen and oxygen atoms in total. The summed E-state index contributed by atoms with van der Waals surface area (Å²) in [6.07, 6.45) is 0. The molecular formula is C6H6BrNO2S. The summed E-state index contributed by atoms with van der Waals surface area (Å²) in [5.41, 5.74) is 6.33. The van der Waals surface area contributed by atoms with Crippen LogP contribution in [-0.4, -0.2) is 13.2 Å². The van der Waals surface area contributed by atoms with E-state index in [0.717, 1.165) is 8.85 Å². The molecule has 0 saturated carbocycles. The summed E-state index contributed by atoms with van der Waals surface area (Å²) >= 11 is 4.77. The summed E-state index contributed by atoms with van der Waals surface area (Å²) in [4.78, 5) is 0. The number of anilines is 1. The van der Waals surface area contributed by atoms with Gasteiger partial charge in [0.05, 0.1) is 0 Å². The zero-order chi connectivity index (χ0) is 7.84. The van der Waals surface area contributed by atoms with Crippen molar-refractivity contribution in [3.63, 3.8) is 0 Å². The summed E-state index contributed by atoms with van der Waals surface area (Å²) < 4.78 is 11.5. The standard InChI is InChI=1S/C6H6BrNO2S/c7-5-3(8)4-6(11-5)10-2-1-9-4/h1-2,8H2. The van der Waals surface area contributed by atoms with Crippen LogP contribution in [0.2, 0.25) is 0 Å². The lowest BCUT2D eigenvalue weighted by molar-refractivity contribution is 0.179. The molecule has 2 rings (SSSR count). The molecule has 0 unspecified atom stereocenters. The van der Waals surface area contributed by atoms with Crippen molar-refractivity contribution < 1.29 is 9.47 Å². The molecule has 0 aliphatic carbocycles. The maximum Gasteiger partial charge on any atom is 0.220 e. The highest BCUT2D eigenvalue weighted by atomic mass is 79.9. The van der Waals surface area contributed by atoms with E-state index < -0.39 is 0 Å². The molecule has 2 heterocycles. The minimum absolute atomic E-state index is 0.584. The van der Waals surface area contributed by atoms with Crippen LogP contribution in [0.25, 0.3) is 0 Å². The van der Waals surface area contributed by atoms with E-state index in [1.165, 1.54) is 11.3 Å². The van der Waals surface area contributed by atoms with Gasteiger partial charge in [-0.25, -0.2) is 0 Å². The smallest absolute Gasteiger partial charge is 0.220 e. The molecule has 11 heavy (non-hydrogen) atoms. The van der Waals surface area contributed by atoms with Crippen LogP contribution >= 0.6 is 27.3 Å². The highest BCUT2D eigenvalue weighted by molar-refractivity contribution is 9.11. The Kier molecular flexibility index (Phi) is 1.69. The highest BCUT2D eigenvalue weighted by Gasteiger charge is 2.20. The zero-order valence-electron chi connectivity index (χ0n) is 5.59. The van der Waals surface area contributed by atoms with Crippen LogP contribution in [0.15, 0.2) is 3.79 Å². The van der Waals surface area contributed by atoms with Crippen molar-refractivity contribution in [3.05, 3.63) is 3.79 Å². The summed E-state index contributed by atoms with van der Waals surface area (Å²) in [5.74, 6) is 0.688. The van der Waals surface area contributed by atoms with Gasteiger partial charge in [-0.15, -0.1) is 0 Å². The second kappa shape index (κ2) is 2.57. The summed E-state index contributed by atoms with van der Waals surface area (Å²) in [6.45, 7) is 1.19. The fraction of sp³-hybridized carbons (Fsp3) is 0.333. The number of hydrogen-bond donors (Lipinski definition) is 1. The van der Waals surface area contributed by atoms with Crippen molar-refractivity contribution in [1.82, 2.24) is 0 Å². The first-order valence-corrected chi connectivity index (χ1v) is 4.73. The molecular weight excluding hydrogens is 230 g/mol. The molecule has 0 amide bonds. The van der Waals surface area contributed by atoms with Crippen LogP contribution < -0.4 is 15.2 Å². The quantitative estimate of drug-likeness (QED) is 0.747. The van der Waals surface area contributed by atoms with Gasteiger partial charge in [-0.05, 0) is 15.9 Å². The van der Waals surface area contributed by atoms with E-state index in [9.17, 15) is 0 Å². The predicted molar refractivity (Wildman–Crippen MR) is 47.4 cm³/mol. The van der Waals surface area contributed by atoms with Crippen molar-refractivity contribution in [3.8, 4) is 10.8 Å². The lowest BCUT2D eigenvalue weighted by atomic mass is 10.5. The van der Waals surface area contributed by atoms with Crippen molar-refractivity contribution in [2.45, 2.75) is 0 Å². The average Bonchev–Trinajstić information content (AvgIpc) is 2.30. The van der Waals surface area contributed by atoms with Gasteiger partial charge in [0.15, 0.2) is 5.75 Å². The average molecular weight is 236 g/mol. The minimum Gasteiger partial charge on any atom is -0.483 e. The Labute approximate surface area is 76.2 Å². The molecule has 60 valence electrons. The number of rotatable bonds is 0. The monoisotopic (exact) mass is 235 g/mol. The first kappa shape index (κ1) is 7.24. The minimum atomic E-state index is 0.584. The summed E-state index contributed by atoms with van der Waals surface area (Å²) in [5, 5.41) is 0.778. The Morgan fingerprint density at radius 1 is 1.36 bits per heavy atom. The first-order valence-electron chi connectivity index (χ1n) is 3.12. The molecule has 5 heteroatoms. The number of nitrogen functional groups attached to an aromatic ring is 1. The molecule has 1 aromatic heterocycles. The molecule has 1 aliphatic rings. The Morgan fingerprint density at radius 2 is 2.09 bits per heavy atom. The van der Waals surface area contributed by atoms with Gasteiger partial charge in [-0.2, -0.15) is 0 Å². The highest BCUT2D eigenvalue weighted by Crippen LogP contribution is 2.48. The van der Waals surface area contributed by atoms with E-state index in [1.54, 1.807) is 0 Å². The van der Waals surface area contributed by atoms with E-state index in [1.807, 2.05) is 0 Å². The van der Waals surface area contributed by atoms with E-state index in [0.29, 0.717) is 24.7 Å². The van der Waals surface area contributed by atoms with E-state index in [4.69, 9.17) is 15.2 Å². The topological polar surface area (TPSA) is 44.5 Å². The van der Waals surface area contributed by atoms with Gasteiger partial charge < -0.3 is 15.2 Å². The molecule has 0 fully saturated rings. The lowest BCUT2D eigenvalue weighted by Crippen LogP contribution is -2.14. The van der Waals surface area contributed by atoms with Crippen LogP contribution in [0, 0.1) is 0 Å². The van der Waals surface area contributed by atoms with Crippen LogP contribution in [0.3, 0.4) is 0 Å². The molecule has 1 aliphatic heterocycles. The van der Waals surface area contributed by atoms with Crippen LogP contribution in [0.1, 0.15) is 0 Å². The zero-order valence-corrected chi connectivity index (χ0v) is 8.00. The maximum absolute atomic E-state index is 5.68. The van der Waals surface area contributed by atoms with Gasteiger partial charge in [-0.1, -0.05) is 11.3 Å². The first-order chi connectivity index (χ1) is 5.29. The van der Waals surface area contributed by atoms with Gasteiger partial charge in [0.1, 0.15) is 22.7 Å². The molecule has 0 saturated heterocycles. The SMILES string of the molecule is Nc1c(Br)sc2c1OCCO2. The van der Waals surface area contributed by atoms with E-state index in [-0.39, 0.29) is 0 Å². The molecule has 0 aromatic carbocycles. The fourth-order valence-corrected chi connectivity index (χ4v) is 2.28. The van der Waals surface area contributed by atoms with Crippen LogP contribution in [-0.2, 0) is 0 Å². The fourth-order valence-electron chi connectivity index (χ4n) is 0.892. The van der Waals surface area contributed by atoms with Gasteiger partial charge in [0, 0.05) is 0 Å². The van der Waals surface area contributed by atoms with Crippen molar-refractivity contribution in [2.24, 2.45) is 0 Å². The van der Waals surface area contributed by atoms with Crippen LogP contribution in [0.5, 0.6) is 10.8 Å². The summed E-state index contributed by atoms with van der Waals surface area (Å²) in [6, 6.07) is 0. The third-order valence-electron chi connectivity index (χ3n) is 1.39. The third-order valence-corrected chi connectivity index (χ3v) is 3.19. The van der Waals surface area contributed by atoms with Gasteiger partial charge >= 0.3 is 0 Å². The Balaban J connectivity index is 2.50. The second-order valence-corrected chi connectivity index (χ2v) is 4.40. The van der Waals surface area contributed by atoms with Crippen molar-refractivity contribution in [2.75, 3.05) is 18.9 Å². The number of ether oxygens (including phenoxy) is 2. The number of halogens is 1. The molecule has 0 radical (unpaired) electrons. The summed E-state index contributed by atoms with van der Waals surface area (Å²) in [7, 11) is 0. The van der Waals surface area contributed by atoms with E-state index in [2.05, 4.69) is 15.9 Å². The molecule has 0 bridgehead atoms. The number of thiophene rings is 1. The Bertz CT molecular complexity index is 286. The molecule has 2 N–H and O–H groups in total. The van der Waals surface area contributed by atoms with Gasteiger partial charge in [-0.3, -0.25) is 0 Å². The normalized spacial score (nSPS) is 15.0. The van der Waals surface area contributed by atoms with Crippen molar-refractivity contribution in [1.29, 1.82) is 0 Å². The largest absolute Gasteiger partial charge is 0.483 e. The van der Waals surface area contributed by atoms with E-state index >= 15 is 0 Å². The molecule has 0 atom stereocenters. The lowest BCUT2D eigenvalue weighted by Gasteiger charge is -2.14. The Hall–Kier alpha value is -0.420. The van der Waals surface area contributed by atoms with Gasteiger partial charge in [0.25, 0.3) is 0 Å². The number of nitrogens with two attached hydrogens (primary N) is 1.